The van der Waals surface area contributed by atoms with Gasteiger partial charge in [-0.2, -0.15) is 0 Å². The van der Waals surface area contributed by atoms with E-state index in [2.05, 4.69) is 21.2 Å². The molecule has 0 heterocycles. The first kappa shape index (κ1) is 15.0. The normalized spacial score (nSPS) is 15.2. The first-order valence-electron chi connectivity index (χ1n) is 6.96. The summed E-state index contributed by atoms with van der Waals surface area (Å²) >= 11 is 3.40. The van der Waals surface area contributed by atoms with E-state index in [4.69, 9.17) is 4.74 Å². The maximum atomic E-state index is 13.4. The molecule has 1 aliphatic carbocycles. The van der Waals surface area contributed by atoms with Crippen LogP contribution in [0.4, 0.5) is 4.39 Å². The number of nitrogens with one attached hydrogen (secondary N) is 1. The molecule has 0 unspecified atom stereocenters. The minimum atomic E-state index is -0.459. The minimum Gasteiger partial charge on any atom is -0.496 e. The van der Waals surface area contributed by atoms with Gasteiger partial charge in [0.1, 0.15) is 11.6 Å². The van der Waals surface area contributed by atoms with E-state index in [1.165, 1.54) is 25.3 Å². The quantitative estimate of drug-likeness (QED) is 0.890. The lowest BCUT2D eigenvalue weighted by Crippen LogP contribution is -2.35. The van der Waals surface area contributed by atoms with E-state index < -0.39 is 5.82 Å². The molecule has 0 aromatic heterocycles. The van der Waals surface area contributed by atoms with E-state index in [1.54, 1.807) is 0 Å². The summed E-state index contributed by atoms with van der Waals surface area (Å²) in [5.41, 5.74) is 0.917. The molecule has 1 N–H and O–H groups in total. The second-order valence-corrected chi connectivity index (χ2v) is 6.30. The van der Waals surface area contributed by atoms with Gasteiger partial charge in [0.25, 0.3) is 5.91 Å². The molecule has 0 radical (unpaired) electrons. The van der Waals surface area contributed by atoms with Crippen LogP contribution in [0.25, 0.3) is 0 Å². The van der Waals surface area contributed by atoms with Crippen molar-refractivity contribution in [1.82, 2.24) is 5.32 Å². The Balaban J connectivity index is 1.85. The molecule has 0 saturated heterocycles. The summed E-state index contributed by atoms with van der Waals surface area (Å²) in [6, 6.07) is 11.8. The monoisotopic (exact) mass is 363 g/mol. The molecule has 3 rings (SSSR count). The first-order chi connectivity index (χ1) is 10.5. The molecular formula is C17H15BrFNO2. The number of hydrogen-bond acceptors (Lipinski definition) is 2. The van der Waals surface area contributed by atoms with Gasteiger partial charge in [0, 0.05) is 4.47 Å². The van der Waals surface area contributed by atoms with Crippen molar-refractivity contribution in [1.29, 1.82) is 0 Å². The van der Waals surface area contributed by atoms with Crippen molar-refractivity contribution >= 4 is 21.8 Å². The number of hydrogen-bond donors (Lipinski definition) is 1. The van der Waals surface area contributed by atoms with Gasteiger partial charge in [-0.1, -0.05) is 28.1 Å². The zero-order chi connectivity index (χ0) is 15.7. The van der Waals surface area contributed by atoms with Gasteiger partial charge in [-0.3, -0.25) is 4.79 Å². The van der Waals surface area contributed by atoms with Gasteiger partial charge in [0.05, 0.1) is 18.2 Å². The van der Waals surface area contributed by atoms with Gasteiger partial charge < -0.3 is 10.1 Å². The van der Waals surface area contributed by atoms with Crippen molar-refractivity contribution in [2.24, 2.45) is 0 Å². The maximum Gasteiger partial charge on any atom is 0.255 e. The number of carbonyl (C=O) groups is 1. The van der Waals surface area contributed by atoms with Crippen LogP contribution >= 0.6 is 15.9 Å². The van der Waals surface area contributed by atoms with Crippen LogP contribution in [0.2, 0.25) is 0 Å². The third-order valence-electron chi connectivity index (χ3n) is 3.91. The Morgan fingerprint density at radius 1 is 1.23 bits per heavy atom. The molecule has 0 spiro atoms. The molecule has 0 atom stereocenters. The zero-order valence-corrected chi connectivity index (χ0v) is 13.6. The molecule has 1 saturated carbocycles. The number of methoxy groups -OCH3 is 1. The Labute approximate surface area is 136 Å². The van der Waals surface area contributed by atoms with E-state index in [0.29, 0.717) is 5.75 Å². The van der Waals surface area contributed by atoms with Gasteiger partial charge in [0.2, 0.25) is 0 Å². The fourth-order valence-electron chi connectivity index (χ4n) is 2.52. The van der Waals surface area contributed by atoms with Gasteiger partial charge >= 0.3 is 0 Å². The lowest BCUT2D eigenvalue weighted by molar-refractivity contribution is 0.0927. The average molecular weight is 364 g/mol. The molecule has 0 bridgehead atoms. The van der Waals surface area contributed by atoms with E-state index in [-0.39, 0.29) is 17.0 Å². The molecule has 1 aliphatic rings. The van der Waals surface area contributed by atoms with Crippen LogP contribution in [0.3, 0.4) is 0 Å². The van der Waals surface area contributed by atoms with Gasteiger partial charge in [-0.05, 0) is 48.7 Å². The molecule has 0 aliphatic heterocycles. The van der Waals surface area contributed by atoms with Crippen molar-refractivity contribution in [3.63, 3.8) is 0 Å². The highest BCUT2D eigenvalue weighted by atomic mass is 79.9. The molecule has 5 heteroatoms. The third-order valence-corrected chi connectivity index (χ3v) is 4.43. The summed E-state index contributed by atoms with van der Waals surface area (Å²) in [4.78, 5) is 12.5. The van der Waals surface area contributed by atoms with Crippen LogP contribution in [0, 0.1) is 5.82 Å². The van der Waals surface area contributed by atoms with Crippen molar-refractivity contribution < 1.29 is 13.9 Å². The molecule has 114 valence electrons. The van der Waals surface area contributed by atoms with Gasteiger partial charge in [-0.15, -0.1) is 0 Å². The maximum absolute atomic E-state index is 13.4. The van der Waals surface area contributed by atoms with Crippen LogP contribution in [-0.4, -0.2) is 13.0 Å². The van der Waals surface area contributed by atoms with Gasteiger partial charge in [0.15, 0.2) is 0 Å². The van der Waals surface area contributed by atoms with Crippen molar-refractivity contribution in [2.45, 2.75) is 18.4 Å². The molecule has 2 aromatic carbocycles. The summed E-state index contributed by atoms with van der Waals surface area (Å²) < 4.78 is 19.6. The predicted octanol–water partition coefficient (Wildman–Crippen LogP) is 4.02. The van der Waals surface area contributed by atoms with Crippen molar-refractivity contribution in [2.75, 3.05) is 7.11 Å². The summed E-state index contributed by atoms with van der Waals surface area (Å²) in [5.74, 6) is -0.415. The lowest BCUT2D eigenvalue weighted by Gasteiger charge is -2.19. The minimum absolute atomic E-state index is 0.214. The van der Waals surface area contributed by atoms with Crippen LogP contribution in [0.5, 0.6) is 5.75 Å². The third kappa shape index (κ3) is 2.86. The van der Waals surface area contributed by atoms with E-state index >= 15 is 0 Å². The number of benzene rings is 2. The zero-order valence-electron chi connectivity index (χ0n) is 12.0. The van der Waals surface area contributed by atoms with Crippen LogP contribution < -0.4 is 10.1 Å². The number of carbonyl (C=O) groups excluding carboxylic acids is 1. The largest absolute Gasteiger partial charge is 0.496 e. The molecule has 1 amide bonds. The lowest BCUT2D eigenvalue weighted by atomic mass is 10.0. The number of ether oxygens (including phenoxy) is 1. The first-order valence-corrected chi connectivity index (χ1v) is 7.75. The van der Waals surface area contributed by atoms with Crippen molar-refractivity contribution in [3.05, 3.63) is 63.9 Å². The summed E-state index contributed by atoms with van der Waals surface area (Å²) in [5, 5.41) is 3.02. The number of halogens is 2. The second-order valence-electron chi connectivity index (χ2n) is 5.39. The highest BCUT2D eigenvalue weighted by Gasteiger charge is 2.45. The Kier molecular flexibility index (Phi) is 3.91. The SMILES string of the molecule is COc1ccc(F)cc1C(=O)NC1(c2ccc(Br)cc2)CC1. The highest BCUT2D eigenvalue weighted by Crippen LogP contribution is 2.46. The van der Waals surface area contributed by atoms with E-state index in [0.717, 1.165) is 22.9 Å². The fraction of sp³-hybridized carbons (Fsp3) is 0.235. The van der Waals surface area contributed by atoms with Crippen LogP contribution in [-0.2, 0) is 5.54 Å². The summed E-state index contributed by atoms with van der Waals surface area (Å²) in [7, 11) is 1.46. The summed E-state index contributed by atoms with van der Waals surface area (Å²) in [6.45, 7) is 0. The Bertz CT molecular complexity index is 711. The van der Waals surface area contributed by atoms with Crippen LogP contribution in [0.1, 0.15) is 28.8 Å². The Morgan fingerprint density at radius 2 is 1.91 bits per heavy atom. The predicted molar refractivity (Wildman–Crippen MR) is 85.5 cm³/mol. The fourth-order valence-corrected chi connectivity index (χ4v) is 2.79. The van der Waals surface area contributed by atoms with Gasteiger partial charge in [-0.25, -0.2) is 4.39 Å². The number of rotatable bonds is 4. The van der Waals surface area contributed by atoms with Crippen molar-refractivity contribution in [3.8, 4) is 5.75 Å². The molecular weight excluding hydrogens is 349 g/mol. The summed E-state index contributed by atoms with van der Waals surface area (Å²) in [6.07, 6.45) is 1.75. The second kappa shape index (κ2) is 5.72. The van der Waals surface area contributed by atoms with E-state index in [9.17, 15) is 9.18 Å². The van der Waals surface area contributed by atoms with Crippen LogP contribution in [0.15, 0.2) is 46.9 Å². The topological polar surface area (TPSA) is 38.3 Å². The standard InChI is InChI=1S/C17H15BrFNO2/c1-22-15-7-6-13(19)10-14(15)16(21)20-17(8-9-17)11-2-4-12(18)5-3-11/h2-7,10H,8-9H2,1H3,(H,20,21). The molecule has 2 aromatic rings. The average Bonchev–Trinajstić information content (AvgIpc) is 3.28. The smallest absolute Gasteiger partial charge is 0.255 e. The molecule has 1 fully saturated rings. The molecule has 3 nitrogen and oxygen atoms in total. The Hall–Kier alpha value is -1.88. The molecule has 22 heavy (non-hydrogen) atoms. The Morgan fingerprint density at radius 3 is 2.50 bits per heavy atom. The highest BCUT2D eigenvalue weighted by molar-refractivity contribution is 9.10. The van der Waals surface area contributed by atoms with E-state index in [1.807, 2.05) is 24.3 Å². The number of amides is 1.